The molecule has 0 bridgehead atoms. The van der Waals surface area contributed by atoms with Crippen LogP contribution in [0, 0.1) is 0 Å². The summed E-state index contributed by atoms with van der Waals surface area (Å²) in [5.74, 6) is 1.31. The first-order valence-electron chi connectivity index (χ1n) is 7.36. The van der Waals surface area contributed by atoms with Gasteiger partial charge >= 0.3 is 5.69 Å². The van der Waals surface area contributed by atoms with Crippen molar-refractivity contribution in [2.24, 2.45) is 0 Å². The SMILES string of the molecule is CCCCCOCC1O[C@H](n2ccc(NC)nc2=O)CS1. The molecule has 0 spiro atoms. The van der Waals surface area contributed by atoms with Gasteiger partial charge in [-0.05, 0) is 12.5 Å². The highest BCUT2D eigenvalue weighted by atomic mass is 32.2. The van der Waals surface area contributed by atoms with Crippen LogP contribution in [0.25, 0.3) is 0 Å². The fourth-order valence-electron chi connectivity index (χ4n) is 2.08. The molecule has 0 aliphatic carbocycles. The Morgan fingerprint density at radius 1 is 1.57 bits per heavy atom. The number of aromatic nitrogens is 2. The lowest BCUT2D eigenvalue weighted by atomic mass is 10.3. The Hall–Kier alpha value is -1.05. The van der Waals surface area contributed by atoms with E-state index in [1.165, 1.54) is 17.4 Å². The van der Waals surface area contributed by atoms with Gasteiger partial charge in [0.15, 0.2) is 0 Å². The molecule has 0 saturated carbocycles. The number of unbranched alkanes of at least 4 members (excludes halogenated alkanes) is 2. The van der Waals surface area contributed by atoms with Gasteiger partial charge < -0.3 is 14.8 Å². The topological polar surface area (TPSA) is 65.4 Å². The van der Waals surface area contributed by atoms with Gasteiger partial charge in [-0.1, -0.05) is 19.8 Å². The zero-order valence-corrected chi connectivity index (χ0v) is 13.4. The van der Waals surface area contributed by atoms with E-state index in [1.807, 2.05) is 0 Å². The van der Waals surface area contributed by atoms with Crippen LogP contribution in [-0.4, -0.2) is 41.0 Å². The molecule has 1 aromatic heterocycles. The first-order valence-corrected chi connectivity index (χ1v) is 8.41. The Balaban J connectivity index is 1.81. The van der Waals surface area contributed by atoms with Crippen LogP contribution in [0.4, 0.5) is 5.82 Å². The molecule has 1 aromatic rings. The second-order valence-electron chi connectivity index (χ2n) is 4.89. The van der Waals surface area contributed by atoms with Crippen molar-refractivity contribution in [2.45, 2.75) is 37.9 Å². The quantitative estimate of drug-likeness (QED) is 0.741. The summed E-state index contributed by atoms with van der Waals surface area (Å²) < 4.78 is 13.0. The van der Waals surface area contributed by atoms with Crippen LogP contribution >= 0.6 is 11.8 Å². The lowest BCUT2D eigenvalue weighted by Gasteiger charge is -2.15. The fraction of sp³-hybridized carbons (Fsp3) is 0.714. The van der Waals surface area contributed by atoms with E-state index in [1.54, 1.807) is 31.1 Å². The van der Waals surface area contributed by atoms with E-state index in [2.05, 4.69) is 17.2 Å². The third-order valence-electron chi connectivity index (χ3n) is 3.28. The van der Waals surface area contributed by atoms with Gasteiger partial charge in [0.25, 0.3) is 0 Å². The van der Waals surface area contributed by atoms with E-state index in [9.17, 15) is 4.79 Å². The highest BCUT2D eigenvalue weighted by molar-refractivity contribution is 8.00. The molecular formula is C14H23N3O3S. The monoisotopic (exact) mass is 313 g/mol. The number of hydrogen-bond acceptors (Lipinski definition) is 6. The van der Waals surface area contributed by atoms with Crippen molar-refractivity contribution >= 4 is 17.6 Å². The van der Waals surface area contributed by atoms with E-state index in [0.29, 0.717) is 12.4 Å². The number of thioether (sulfide) groups is 1. The maximum absolute atomic E-state index is 11.9. The number of anilines is 1. The van der Waals surface area contributed by atoms with E-state index in [-0.39, 0.29) is 17.4 Å². The van der Waals surface area contributed by atoms with Crippen LogP contribution in [0.2, 0.25) is 0 Å². The van der Waals surface area contributed by atoms with Gasteiger partial charge in [0.1, 0.15) is 17.5 Å². The maximum Gasteiger partial charge on any atom is 0.351 e. The third-order valence-corrected chi connectivity index (χ3v) is 4.37. The number of hydrogen-bond donors (Lipinski definition) is 1. The average molecular weight is 313 g/mol. The minimum Gasteiger partial charge on any atom is -0.378 e. The van der Waals surface area contributed by atoms with E-state index in [4.69, 9.17) is 9.47 Å². The first-order chi connectivity index (χ1) is 10.2. The van der Waals surface area contributed by atoms with Gasteiger partial charge in [0.2, 0.25) is 0 Å². The highest BCUT2D eigenvalue weighted by Crippen LogP contribution is 2.31. The van der Waals surface area contributed by atoms with Gasteiger partial charge in [-0.15, -0.1) is 11.8 Å². The molecule has 6 nitrogen and oxygen atoms in total. The number of nitrogens with one attached hydrogen (secondary N) is 1. The van der Waals surface area contributed by atoms with Crippen LogP contribution in [0.1, 0.15) is 32.4 Å². The molecule has 0 radical (unpaired) electrons. The van der Waals surface area contributed by atoms with Gasteiger partial charge in [-0.2, -0.15) is 4.98 Å². The molecule has 118 valence electrons. The molecular weight excluding hydrogens is 290 g/mol. The minimum absolute atomic E-state index is 0.00694. The van der Waals surface area contributed by atoms with E-state index in [0.717, 1.165) is 18.8 Å². The Morgan fingerprint density at radius 2 is 2.43 bits per heavy atom. The highest BCUT2D eigenvalue weighted by Gasteiger charge is 2.28. The van der Waals surface area contributed by atoms with E-state index >= 15 is 0 Å². The van der Waals surface area contributed by atoms with Crippen molar-refractivity contribution in [3.8, 4) is 0 Å². The van der Waals surface area contributed by atoms with Crippen molar-refractivity contribution in [3.63, 3.8) is 0 Å². The standard InChI is InChI=1S/C14H23N3O3S/c1-3-4-5-8-19-9-13-20-12(10-21-13)17-7-6-11(15-2)16-14(17)18/h6-7,12-13H,3-5,8-10H2,1-2H3,(H,15,16,18)/t12-,13?/m0/s1. The Kier molecular flexibility index (Phi) is 6.53. The van der Waals surface area contributed by atoms with E-state index < -0.39 is 0 Å². The largest absolute Gasteiger partial charge is 0.378 e. The van der Waals surface area contributed by atoms with Crippen LogP contribution in [-0.2, 0) is 9.47 Å². The molecule has 1 unspecified atom stereocenters. The summed E-state index contributed by atoms with van der Waals surface area (Å²) in [4.78, 5) is 15.8. The molecule has 2 rings (SSSR count). The Bertz CT molecular complexity index is 495. The van der Waals surface area contributed by atoms with Gasteiger partial charge in [-0.3, -0.25) is 4.57 Å². The third kappa shape index (κ3) is 4.72. The zero-order chi connectivity index (χ0) is 15.1. The second-order valence-corrected chi connectivity index (χ2v) is 6.08. The number of ether oxygens (including phenoxy) is 2. The fourth-order valence-corrected chi connectivity index (χ4v) is 3.10. The summed E-state index contributed by atoms with van der Waals surface area (Å²) >= 11 is 1.68. The van der Waals surface area contributed by atoms with Gasteiger partial charge in [-0.25, -0.2) is 4.79 Å². The van der Waals surface area contributed by atoms with Crippen molar-refractivity contribution < 1.29 is 9.47 Å². The molecule has 2 atom stereocenters. The summed E-state index contributed by atoms with van der Waals surface area (Å²) in [6, 6.07) is 1.77. The van der Waals surface area contributed by atoms with Crippen molar-refractivity contribution in [2.75, 3.05) is 31.3 Å². The lowest BCUT2D eigenvalue weighted by molar-refractivity contribution is -0.0251. The average Bonchev–Trinajstić information content (AvgIpc) is 2.95. The summed E-state index contributed by atoms with van der Waals surface area (Å²) in [5.41, 5.74) is -0.301. The molecule has 7 heteroatoms. The number of rotatable bonds is 8. The summed E-state index contributed by atoms with van der Waals surface area (Å²) in [7, 11) is 1.74. The molecule has 0 aromatic carbocycles. The Labute approximate surface area is 129 Å². The lowest BCUT2D eigenvalue weighted by Crippen LogP contribution is -2.28. The summed E-state index contributed by atoms with van der Waals surface area (Å²) in [6.45, 7) is 3.52. The summed E-state index contributed by atoms with van der Waals surface area (Å²) in [5, 5.41) is 2.85. The molecule has 1 fully saturated rings. The maximum atomic E-state index is 11.9. The molecule has 21 heavy (non-hydrogen) atoms. The van der Waals surface area contributed by atoms with Gasteiger partial charge in [0, 0.05) is 25.6 Å². The first kappa shape index (κ1) is 16.3. The van der Waals surface area contributed by atoms with Crippen LogP contribution in [0.3, 0.4) is 0 Å². The predicted octanol–water partition coefficient (Wildman–Crippen LogP) is 2.08. The van der Waals surface area contributed by atoms with Crippen molar-refractivity contribution in [1.29, 1.82) is 0 Å². The van der Waals surface area contributed by atoms with Crippen molar-refractivity contribution in [3.05, 3.63) is 22.7 Å². The normalized spacial score (nSPS) is 21.6. The van der Waals surface area contributed by atoms with Crippen LogP contribution in [0.15, 0.2) is 17.1 Å². The predicted molar refractivity (Wildman–Crippen MR) is 84.8 cm³/mol. The molecule has 1 aliphatic rings. The number of nitrogens with zero attached hydrogens (tertiary/aromatic N) is 2. The van der Waals surface area contributed by atoms with Gasteiger partial charge in [0.05, 0.1) is 6.61 Å². The van der Waals surface area contributed by atoms with Crippen LogP contribution < -0.4 is 11.0 Å². The Morgan fingerprint density at radius 3 is 3.14 bits per heavy atom. The molecule has 1 aliphatic heterocycles. The minimum atomic E-state index is -0.294. The second kappa shape index (κ2) is 8.41. The van der Waals surface area contributed by atoms with Crippen molar-refractivity contribution in [1.82, 2.24) is 9.55 Å². The molecule has 2 heterocycles. The summed E-state index contributed by atoms with van der Waals surface area (Å²) in [6.07, 6.45) is 4.94. The zero-order valence-electron chi connectivity index (χ0n) is 12.6. The molecule has 1 N–H and O–H groups in total. The molecule has 1 saturated heterocycles. The smallest absolute Gasteiger partial charge is 0.351 e. The van der Waals surface area contributed by atoms with Crippen LogP contribution in [0.5, 0.6) is 0 Å². The molecule has 0 amide bonds.